The second kappa shape index (κ2) is 10.8. The minimum absolute atomic E-state index is 0.114. The van der Waals surface area contributed by atoms with Crippen molar-refractivity contribution in [2.24, 2.45) is 5.92 Å². The molecule has 7 heteroatoms. The number of carbonyl (C=O) groups is 1. The lowest BCUT2D eigenvalue weighted by Gasteiger charge is -2.22. The average Bonchev–Trinajstić information content (AvgIpc) is 2.76. The molecule has 5 nitrogen and oxygen atoms in total. The van der Waals surface area contributed by atoms with E-state index in [2.05, 4.69) is 16.0 Å². The lowest BCUT2D eigenvalue weighted by molar-refractivity contribution is 0.123. The molecule has 1 saturated heterocycles. The van der Waals surface area contributed by atoms with Crippen molar-refractivity contribution in [1.29, 1.82) is 0 Å². The van der Waals surface area contributed by atoms with E-state index >= 15 is 0 Å². The second-order valence-corrected chi connectivity index (χ2v) is 7.46. The first-order valence-corrected chi connectivity index (χ1v) is 8.78. The van der Waals surface area contributed by atoms with Crippen LogP contribution in [0.15, 0.2) is 24.3 Å². The Morgan fingerprint density at radius 1 is 1.29 bits per heavy atom. The summed E-state index contributed by atoms with van der Waals surface area (Å²) in [5.74, 6) is 0.355. The quantitative estimate of drug-likeness (QED) is 0.742. The number of carbonyl (C=O) groups excluding carboxylic acids is 1. The van der Waals surface area contributed by atoms with Gasteiger partial charge in [-0.2, -0.15) is 0 Å². The Morgan fingerprint density at radius 2 is 1.92 bits per heavy atom. The summed E-state index contributed by atoms with van der Waals surface area (Å²) in [7, 11) is 0. The Bertz CT molecular complexity index is 478. The summed E-state index contributed by atoms with van der Waals surface area (Å²) in [5, 5.41) is 10.2. The van der Waals surface area contributed by atoms with E-state index in [-0.39, 0.29) is 11.6 Å². The number of ether oxygens (including phenoxy) is 1. The third kappa shape index (κ3) is 9.98. The number of rotatable bonds is 2. The highest BCUT2D eigenvalue weighted by molar-refractivity contribution is 6.41. The van der Waals surface area contributed by atoms with Gasteiger partial charge in [0.1, 0.15) is 0 Å². The summed E-state index contributed by atoms with van der Waals surface area (Å²) in [5.41, 5.74) is -0.192. The number of hydrogen-bond donors (Lipinski definition) is 3. The number of nitrogens with one attached hydrogen (secondary N) is 3. The maximum Gasteiger partial charge on any atom is 0.315 e. The molecule has 1 fully saturated rings. The van der Waals surface area contributed by atoms with Crippen molar-refractivity contribution >= 4 is 29.2 Å². The molecule has 2 amide bonds. The maximum atomic E-state index is 11.5. The van der Waals surface area contributed by atoms with E-state index in [1.54, 1.807) is 12.1 Å². The van der Waals surface area contributed by atoms with Gasteiger partial charge in [-0.05, 0) is 32.9 Å². The van der Waals surface area contributed by atoms with Gasteiger partial charge in [-0.25, -0.2) is 4.79 Å². The summed E-state index contributed by atoms with van der Waals surface area (Å²) in [6, 6.07) is 7.08. The fraction of sp³-hybridized carbons (Fsp3) is 0.588. The first-order chi connectivity index (χ1) is 11.3. The molecule has 1 aliphatic rings. The molecule has 1 aromatic rings. The molecule has 0 aromatic heterocycles. The number of benzene rings is 1. The lowest BCUT2D eigenvalue weighted by Crippen LogP contribution is -2.48. The van der Waals surface area contributed by atoms with Crippen molar-refractivity contribution in [2.75, 3.05) is 32.8 Å². The molecule has 0 radical (unpaired) electrons. The average molecular weight is 376 g/mol. The highest BCUT2D eigenvalue weighted by Gasteiger charge is 2.16. The van der Waals surface area contributed by atoms with Gasteiger partial charge < -0.3 is 20.7 Å². The Morgan fingerprint density at radius 3 is 2.46 bits per heavy atom. The van der Waals surface area contributed by atoms with Crippen molar-refractivity contribution in [2.45, 2.75) is 26.3 Å². The van der Waals surface area contributed by atoms with Gasteiger partial charge in [-0.15, -0.1) is 0 Å². The molecule has 1 aliphatic heterocycles. The molecule has 136 valence electrons. The SMILES string of the molecule is CC(C)(C)NC(=O)NCC1CNCCOC1.Clc1ccccc1Cl. The largest absolute Gasteiger partial charge is 0.380 e. The zero-order valence-electron chi connectivity index (χ0n) is 14.5. The van der Waals surface area contributed by atoms with Gasteiger partial charge in [-0.3, -0.25) is 0 Å². The molecule has 0 bridgehead atoms. The Kier molecular flexibility index (Phi) is 9.44. The van der Waals surface area contributed by atoms with Crippen LogP contribution in [0.2, 0.25) is 10.0 Å². The number of hydrogen-bond acceptors (Lipinski definition) is 3. The van der Waals surface area contributed by atoms with Crippen LogP contribution in [0.3, 0.4) is 0 Å². The van der Waals surface area contributed by atoms with Crippen LogP contribution in [0, 0.1) is 5.92 Å². The topological polar surface area (TPSA) is 62.4 Å². The molecule has 3 N–H and O–H groups in total. The first kappa shape index (κ1) is 21.0. The molecule has 24 heavy (non-hydrogen) atoms. The monoisotopic (exact) mass is 375 g/mol. The zero-order chi connectivity index (χ0) is 18.0. The number of amides is 2. The minimum Gasteiger partial charge on any atom is -0.380 e. The van der Waals surface area contributed by atoms with Crippen LogP contribution in [0.4, 0.5) is 4.79 Å². The van der Waals surface area contributed by atoms with Crippen molar-refractivity contribution in [3.63, 3.8) is 0 Å². The molecular weight excluding hydrogens is 349 g/mol. The predicted molar refractivity (Wildman–Crippen MR) is 99.9 cm³/mol. The van der Waals surface area contributed by atoms with E-state index in [9.17, 15) is 4.79 Å². The van der Waals surface area contributed by atoms with Crippen LogP contribution in [-0.4, -0.2) is 44.4 Å². The summed E-state index contributed by atoms with van der Waals surface area (Å²) in [6.45, 7) is 9.79. The van der Waals surface area contributed by atoms with Crippen LogP contribution in [0.5, 0.6) is 0 Å². The lowest BCUT2D eigenvalue weighted by atomic mass is 10.1. The normalized spacial score (nSPS) is 18.0. The Balaban J connectivity index is 0.000000300. The van der Waals surface area contributed by atoms with Gasteiger partial charge >= 0.3 is 6.03 Å². The maximum absolute atomic E-state index is 11.5. The molecule has 1 heterocycles. The third-order valence-electron chi connectivity index (χ3n) is 3.07. The van der Waals surface area contributed by atoms with Crippen molar-refractivity contribution in [3.8, 4) is 0 Å². The predicted octanol–water partition coefficient (Wildman–Crippen LogP) is 3.31. The molecular formula is C17H27Cl2N3O2. The van der Waals surface area contributed by atoms with Gasteiger partial charge in [0.2, 0.25) is 0 Å². The molecule has 1 aromatic carbocycles. The third-order valence-corrected chi connectivity index (χ3v) is 3.83. The summed E-state index contributed by atoms with van der Waals surface area (Å²) >= 11 is 11.2. The Labute approximate surface area is 154 Å². The van der Waals surface area contributed by atoms with Crippen LogP contribution in [0.1, 0.15) is 20.8 Å². The number of halogens is 2. The van der Waals surface area contributed by atoms with Gasteiger partial charge in [-0.1, -0.05) is 35.3 Å². The second-order valence-electron chi connectivity index (χ2n) is 6.64. The van der Waals surface area contributed by atoms with E-state index < -0.39 is 0 Å². The highest BCUT2D eigenvalue weighted by atomic mass is 35.5. The van der Waals surface area contributed by atoms with E-state index in [1.165, 1.54) is 0 Å². The molecule has 0 saturated carbocycles. The first-order valence-electron chi connectivity index (χ1n) is 8.02. The standard InChI is InChI=1S/C11H23N3O2.C6H4Cl2/c1-11(2,3)14-10(15)13-7-9-6-12-4-5-16-8-9;7-5-3-1-2-4-6(5)8/h9,12H,4-8H2,1-3H3,(H2,13,14,15);1-4H. The van der Waals surface area contributed by atoms with E-state index in [0.717, 1.165) is 19.7 Å². The van der Waals surface area contributed by atoms with Gasteiger partial charge in [0.05, 0.1) is 23.3 Å². The minimum atomic E-state index is -0.192. The van der Waals surface area contributed by atoms with Gasteiger partial charge in [0.15, 0.2) is 0 Å². The van der Waals surface area contributed by atoms with Crippen LogP contribution in [0.25, 0.3) is 0 Å². The van der Waals surface area contributed by atoms with Crippen molar-refractivity contribution in [3.05, 3.63) is 34.3 Å². The molecule has 1 unspecified atom stereocenters. The summed E-state index contributed by atoms with van der Waals surface area (Å²) in [4.78, 5) is 11.5. The summed E-state index contributed by atoms with van der Waals surface area (Å²) in [6.07, 6.45) is 0. The smallest absolute Gasteiger partial charge is 0.315 e. The molecule has 2 rings (SSSR count). The van der Waals surface area contributed by atoms with Crippen LogP contribution >= 0.6 is 23.2 Å². The van der Waals surface area contributed by atoms with Crippen molar-refractivity contribution < 1.29 is 9.53 Å². The fourth-order valence-corrected chi connectivity index (χ4v) is 2.22. The van der Waals surface area contributed by atoms with E-state index in [0.29, 0.717) is 29.1 Å². The van der Waals surface area contributed by atoms with E-state index in [1.807, 2.05) is 32.9 Å². The van der Waals surface area contributed by atoms with Crippen LogP contribution < -0.4 is 16.0 Å². The highest BCUT2D eigenvalue weighted by Crippen LogP contribution is 2.19. The molecule has 1 atom stereocenters. The number of urea groups is 1. The Hall–Kier alpha value is -1.01. The van der Waals surface area contributed by atoms with Gasteiger partial charge in [0, 0.05) is 31.1 Å². The molecule has 0 aliphatic carbocycles. The van der Waals surface area contributed by atoms with E-state index in [4.69, 9.17) is 27.9 Å². The van der Waals surface area contributed by atoms with Crippen molar-refractivity contribution in [1.82, 2.24) is 16.0 Å². The van der Waals surface area contributed by atoms with Gasteiger partial charge in [0.25, 0.3) is 0 Å². The summed E-state index contributed by atoms with van der Waals surface area (Å²) < 4.78 is 5.41. The van der Waals surface area contributed by atoms with Crippen LogP contribution in [-0.2, 0) is 4.74 Å². The zero-order valence-corrected chi connectivity index (χ0v) is 16.0. The fourth-order valence-electron chi connectivity index (χ4n) is 1.95. The molecule has 0 spiro atoms.